The van der Waals surface area contributed by atoms with E-state index < -0.39 is 0 Å². The molecule has 0 atom stereocenters. The third-order valence-corrected chi connectivity index (χ3v) is 3.82. The summed E-state index contributed by atoms with van der Waals surface area (Å²) in [5, 5.41) is 1.29. The zero-order valence-corrected chi connectivity index (χ0v) is 12.7. The van der Waals surface area contributed by atoms with E-state index in [0.29, 0.717) is 0 Å². The van der Waals surface area contributed by atoms with Crippen molar-refractivity contribution in [3.8, 4) is 0 Å². The van der Waals surface area contributed by atoms with Gasteiger partial charge in [-0.15, -0.1) is 0 Å². The number of aromatic amines is 1. The van der Waals surface area contributed by atoms with E-state index in [-0.39, 0.29) is 0 Å². The molecule has 0 aliphatic heterocycles. The standard InChI is InChI=1S/C19H27N/c1-2-3-4-5-6-7-8-9-10-14-18-16-17-13-11-12-15-19(17)20-18/h10-16,20H,2-9H2,1H3/b14-10+. The van der Waals surface area contributed by atoms with Gasteiger partial charge in [0.1, 0.15) is 0 Å². The summed E-state index contributed by atoms with van der Waals surface area (Å²) in [6.45, 7) is 2.27. The SMILES string of the molecule is CCCCCCCCC/C=C/c1cc2ccccc2[nH]1. The zero-order chi connectivity index (χ0) is 14.0. The number of nitrogens with one attached hydrogen (secondary N) is 1. The maximum atomic E-state index is 3.43. The van der Waals surface area contributed by atoms with Crippen LogP contribution in [0.15, 0.2) is 36.4 Å². The number of hydrogen-bond donors (Lipinski definition) is 1. The molecule has 20 heavy (non-hydrogen) atoms. The predicted molar refractivity (Wildman–Crippen MR) is 89.9 cm³/mol. The molecule has 0 amide bonds. The highest BCUT2D eigenvalue weighted by Gasteiger charge is 1.95. The van der Waals surface area contributed by atoms with E-state index >= 15 is 0 Å². The van der Waals surface area contributed by atoms with Gasteiger partial charge < -0.3 is 4.98 Å². The first-order valence-corrected chi connectivity index (χ1v) is 8.14. The first-order chi connectivity index (χ1) is 9.90. The van der Waals surface area contributed by atoms with Crippen LogP contribution in [0.4, 0.5) is 0 Å². The van der Waals surface area contributed by atoms with Gasteiger partial charge in [-0.3, -0.25) is 0 Å². The van der Waals surface area contributed by atoms with Crippen molar-refractivity contribution >= 4 is 17.0 Å². The Bertz CT molecular complexity index is 488. The Morgan fingerprint density at radius 1 is 0.950 bits per heavy atom. The van der Waals surface area contributed by atoms with Crippen LogP contribution < -0.4 is 0 Å². The molecule has 0 radical (unpaired) electrons. The number of hydrogen-bond acceptors (Lipinski definition) is 0. The molecule has 2 rings (SSSR count). The molecular weight excluding hydrogens is 242 g/mol. The van der Waals surface area contributed by atoms with Crippen LogP contribution in [0.5, 0.6) is 0 Å². The second kappa shape index (κ2) is 8.63. The molecule has 0 aliphatic rings. The quantitative estimate of drug-likeness (QED) is 0.512. The van der Waals surface area contributed by atoms with E-state index in [0.717, 1.165) is 0 Å². The third kappa shape index (κ3) is 4.88. The van der Waals surface area contributed by atoms with Crippen molar-refractivity contribution in [2.45, 2.75) is 58.3 Å². The molecule has 0 spiro atoms. The Morgan fingerprint density at radius 2 is 1.70 bits per heavy atom. The Hall–Kier alpha value is -1.50. The zero-order valence-electron chi connectivity index (χ0n) is 12.7. The minimum Gasteiger partial charge on any atom is -0.355 e. The summed E-state index contributed by atoms with van der Waals surface area (Å²) in [5.41, 5.74) is 2.44. The van der Waals surface area contributed by atoms with Gasteiger partial charge in [0.05, 0.1) is 0 Å². The lowest BCUT2D eigenvalue weighted by molar-refractivity contribution is 0.592. The average Bonchev–Trinajstić information content (AvgIpc) is 2.88. The van der Waals surface area contributed by atoms with Gasteiger partial charge in [-0.2, -0.15) is 0 Å². The van der Waals surface area contributed by atoms with E-state index in [1.807, 2.05) is 0 Å². The number of aromatic nitrogens is 1. The molecular formula is C19H27N. The van der Waals surface area contributed by atoms with Crippen LogP contribution in [0.3, 0.4) is 0 Å². The van der Waals surface area contributed by atoms with Crippen LogP contribution in [0.2, 0.25) is 0 Å². The molecule has 1 aromatic carbocycles. The smallest absolute Gasteiger partial charge is 0.0458 e. The highest BCUT2D eigenvalue weighted by atomic mass is 14.7. The van der Waals surface area contributed by atoms with Crippen molar-refractivity contribution < 1.29 is 0 Å². The molecule has 1 nitrogen and oxygen atoms in total. The van der Waals surface area contributed by atoms with E-state index in [2.05, 4.69) is 54.4 Å². The molecule has 1 heteroatoms. The Morgan fingerprint density at radius 3 is 2.50 bits per heavy atom. The predicted octanol–water partition coefficient (Wildman–Crippen LogP) is 6.32. The highest BCUT2D eigenvalue weighted by Crippen LogP contribution is 2.16. The Labute approximate surface area is 123 Å². The second-order valence-electron chi connectivity index (χ2n) is 5.62. The lowest BCUT2D eigenvalue weighted by Gasteiger charge is -1.98. The maximum absolute atomic E-state index is 3.43. The average molecular weight is 269 g/mol. The van der Waals surface area contributed by atoms with Crippen molar-refractivity contribution in [2.75, 3.05) is 0 Å². The lowest BCUT2D eigenvalue weighted by Crippen LogP contribution is -1.79. The molecule has 108 valence electrons. The normalized spacial score (nSPS) is 11.7. The van der Waals surface area contributed by atoms with Crippen LogP contribution in [0, 0.1) is 0 Å². The van der Waals surface area contributed by atoms with Gasteiger partial charge in [-0.25, -0.2) is 0 Å². The number of fused-ring (bicyclic) bond motifs is 1. The summed E-state index contributed by atoms with van der Waals surface area (Å²) in [5.74, 6) is 0. The fourth-order valence-electron chi connectivity index (χ4n) is 2.62. The van der Waals surface area contributed by atoms with Crippen molar-refractivity contribution in [3.63, 3.8) is 0 Å². The van der Waals surface area contributed by atoms with Crippen molar-refractivity contribution in [1.82, 2.24) is 4.98 Å². The van der Waals surface area contributed by atoms with E-state index in [4.69, 9.17) is 0 Å². The summed E-state index contributed by atoms with van der Waals surface area (Å²) < 4.78 is 0. The van der Waals surface area contributed by atoms with Crippen LogP contribution in [-0.4, -0.2) is 4.98 Å². The number of para-hydroxylation sites is 1. The molecule has 1 heterocycles. The van der Waals surface area contributed by atoms with Gasteiger partial charge in [0.25, 0.3) is 0 Å². The minimum absolute atomic E-state index is 1.20. The summed E-state index contributed by atoms with van der Waals surface area (Å²) in [7, 11) is 0. The second-order valence-corrected chi connectivity index (χ2v) is 5.62. The van der Waals surface area contributed by atoms with Crippen molar-refractivity contribution in [3.05, 3.63) is 42.1 Å². The molecule has 2 aromatic rings. The molecule has 0 aliphatic carbocycles. The molecule has 1 aromatic heterocycles. The number of allylic oxidation sites excluding steroid dienone is 1. The highest BCUT2D eigenvalue weighted by molar-refractivity contribution is 5.82. The van der Waals surface area contributed by atoms with Gasteiger partial charge in [0.15, 0.2) is 0 Å². The van der Waals surface area contributed by atoms with Gasteiger partial charge in [-0.1, -0.05) is 69.7 Å². The molecule has 0 bridgehead atoms. The van der Waals surface area contributed by atoms with Crippen LogP contribution in [0.1, 0.15) is 64.0 Å². The molecule has 1 N–H and O–H groups in total. The Balaban J connectivity index is 1.63. The number of unbranched alkanes of at least 4 members (excludes halogenated alkanes) is 7. The van der Waals surface area contributed by atoms with E-state index in [1.165, 1.54) is 68.0 Å². The lowest BCUT2D eigenvalue weighted by atomic mass is 10.1. The van der Waals surface area contributed by atoms with Crippen LogP contribution in [-0.2, 0) is 0 Å². The maximum Gasteiger partial charge on any atom is 0.0458 e. The summed E-state index contributed by atoms with van der Waals surface area (Å²) in [4.78, 5) is 3.43. The summed E-state index contributed by atoms with van der Waals surface area (Å²) >= 11 is 0. The van der Waals surface area contributed by atoms with Gasteiger partial charge >= 0.3 is 0 Å². The van der Waals surface area contributed by atoms with E-state index in [1.54, 1.807) is 0 Å². The molecule has 0 unspecified atom stereocenters. The number of rotatable bonds is 9. The molecule has 0 fully saturated rings. The van der Waals surface area contributed by atoms with Crippen LogP contribution >= 0.6 is 0 Å². The summed E-state index contributed by atoms with van der Waals surface area (Å²) in [6, 6.07) is 10.7. The largest absolute Gasteiger partial charge is 0.355 e. The number of benzene rings is 1. The minimum atomic E-state index is 1.20. The van der Waals surface area contributed by atoms with Gasteiger partial charge in [0, 0.05) is 11.2 Å². The third-order valence-electron chi connectivity index (χ3n) is 3.82. The fourth-order valence-corrected chi connectivity index (χ4v) is 2.62. The van der Waals surface area contributed by atoms with Crippen LogP contribution in [0.25, 0.3) is 17.0 Å². The molecule has 0 saturated heterocycles. The first kappa shape index (κ1) is 14.9. The number of H-pyrrole nitrogens is 1. The van der Waals surface area contributed by atoms with E-state index in [9.17, 15) is 0 Å². The topological polar surface area (TPSA) is 15.8 Å². The fraction of sp³-hybridized carbons (Fsp3) is 0.474. The first-order valence-electron chi connectivity index (χ1n) is 8.14. The Kier molecular flexibility index (Phi) is 6.43. The van der Waals surface area contributed by atoms with Gasteiger partial charge in [0.2, 0.25) is 0 Å². The molecule has 0 saturated carbocycles. The summed E-state index contributed by atoms with van der Waals surface area (Å²) in [6.07, 6.45) is 15.4. The van der Waals surface area contributed by atoms with Crippen molar-refractivity contribution in [2.24, 2.45) is 0 Å². The van der Waals surface area contributed by atoms with Crippen molar-refractivity contribution in [1.29, 1.82) is 0 Å². The van der Waals surface area contributed by atoms with Gasteiger partial charge in [-0.05, 0) is 36.4 Å². The monoisotopic (exact) mass is 269 g/mol.